The summed E-state index contributed by atoms with van der Waals surface area (Å²) in [5, 5.41) is 11.3. The first-order valence-electron chi connectivity index (χ1n) is 6.37. The van der Waals surface area contributed by atoms with E-state index in [0.29, 0.717) is 15.7 Å². The van der Waals surface area contributed by atoms with Crippen LogP contribution in [0.3, 0.4) is 0 Å². The van der Waals surface area contributed by atoms with Gasteiger partial charge in [-0.05, 0) is 30.3 Å². The monoisotopic (exact) mass is 332 g/mol. The van der Waals surface area contributed by atoms with Crippen molar-refractivity contribution in [3.8, 4) is 5.69 Å². The SMILES string of the molecule is O=C(Nc1cc(Cl)ccc1Cl)c1cn(-c2ccccc2)nn1. The number of carbonyl (C=O) groups excluding carboxylic acids is 1. The van der Waals surface area contributed by atoms with Gasteiger partial charge in [0, 0.05) is 5.02 Å². The molecule has 0 radical (unpaired) electrons. The van der Waals surface area contributed by atoms with Crippen molar-refractivity contribution in [1.29, 1.82) is 0 Å². The Bertz CT molecular complexity index is 817. The molecule has 0 aliphatic carbocycles. The van der Waals surface area contributed by atoms with Crippen LogP contribution in [0.15, 0.2) is 54.7 Å². The van der Waals surface area contributed by atoms with Gasteiger partial charge in [0.05, 0.1) is 22.6 Å². The Balaban J connectivity index is 1.81. The van der Waals surface area contributed by atoms with E-state index in [1.54, 1.807) is 24.4 Å². The smallest absolute Gasteiger partial charge is 0.277 e. The molecular weight excluding hydrogens is 323 g/mol. The number of aromatic nitrogens is 3. The molecule has 3 rings (SSSR count). The summed E-state index contributed by atoms with van der Waals surface area (Å²) in [7, 11) is 0. The van der Waals surface area contributed by atoms with Crippen LogP contribution in [0.2, 0.25) is 10.0 Å². The lowest BCUT2D eigenvalue weighted by atomic mass is 10.3. The summed E-state index contributed by atoms with van der Waals surface area (Å²) in [6.07, 6.45) is 1.54. The molecule has 0 fully saturated rings. The van der Waals surface area contributed by atoms with E-state index in [4.69, 9.17) is 23.2 Å². The molecular formula is C15H10Cl2N4O. The number of benzene rings is 2. The van der Waals surface area contributed by atoms with Crippen LogP contribution in [0.25, 0.3) is 5.69 Å². The van der Waals surface area contributed by atoms with E-state index in [1.807, 2.05) is 30.3 Å². The van der Waals surface area contributed by atoms with E-state index < -0.39 is 5.91 Å². The second-order valence-electron chi connectivity index (χ2n) is 4.46. The van der Waals surface area contributed by atoms with Crippen molar-refractivity contribution in [1.82, 2.24) is 15.0 Å². The van der Waals surface area contributed by atoms with Crippen LogP contribution in [0.4, 0.5) is 5.69 Å². The Morgan fingerprint density at radius 2 is 1.86 bits per heavy atom. The molecule has 7 heteroatoms. The van der Waals surface area contributed by atoms with Gasteiger partial charge >= 0.3 is 0 Å². The van der Waals surface area contributed by atoms with Crippen molar-refractivity contribution in [2.24, 2.45) is 0 Å². The molecule has 2 aromatic carbocycles. The number of nitrogens with zero attached hydrogens (tertiary/aromatic N) is 3. The molecule has 0 saturated carbocycles. The van der Waals surface area contributed by atoms with Crippen molar-refractivity contribution in [2.75, 3.05) is 5.32 Å². The quantitative estimate of drug-likeness (QED) is 0.792. The number of hydrogen-bond acceptors (Lipinski definition) is 3. The van der Waals surface area contributed by atoms with Crippen molar-refractivity contribution >= 4 is 34.8 Å². The first-order valence-corrected chi connectivity index (χ1v) is 7.13. The third-order valence-corrected chi connectivity index (χ3v) is 3.49. The summed E-state index contributed by atoms with van der Waals surface area (Å²) in [4.78, 5) is 12.2. The van der Waals surface area contributed by atoms with E-state index in [-0.39, 0.29) is 5.69 Å². The number of anilines is 1. The molecule has 0 aliphatic rings. The maximum atomic E-state index is 12.2. The van der Waals surface area contributed by atoms with Gasteiger partial charge in [0.1, 0.15) is 0 Å². The minimum Gasteiger partial charge on any atom is -0.319 e. The van der Waals surface area contributed by atoms with Gasteiger partial charge in [0.2, 0.25) is 0 Å². The van der Waals surface area contributed by atoms with Gasteiger partial charge in [-0.15, -0.1) is 5.10 Å². The summed E-state index contributed by atoms with van der Waals surface area (Å²) in [6, 6.07) is 14.2. The van der Waals surface area contributed by atoms with Crippen LogP contribution in [0.5, 0.6) is 0 Å². The molecule has 22 heavy (non-hydrogen) atoms. The Morgan fingerprint density at radius 1 is 1.09 bits per heavy atom. The van der Waals surface area contributed by atoms with Crippen molar-refractivity contribution in [3.05, 3.63) is 70.5 Å². The summed E-state index contributed by atoms with van der Waals surface area (Å²) >= 11 is 11.9. The van der Waals surface area contributed by atoms with Crippen molar-refractivity contribution in [3.63, 3.8) is 0 Å². The van der Waals surface area contributed by atoms with Gasteiger partial charge in [-0.25, -0.2) is 4.68 Å². The minimum atomic E-state index is -0.411. The molecule has 0 saturated heterocycles. The standard InChI is InChI=1S/C15H10Cl2N4O/c16-10-6-7-12(17)13(8-10)18-15(22)14-9-21(20-19-14)11-4-2-1-3-5-11/h1-9H,(H,18,22). The summed E-state index contributed by atoms with van der Waals surface area (Å²) in [5.41, 5.74) is 1.42. The van der Waals surface area contributed by atoms with Crippen LogP contribution < -0.4 is 5.32 Å². The first kappa shape index (κ1) is 14.6. The topological polar surface area (TPSA) is 59.8 Å². The summed E-state index contributed by atoms with van der Waals surface area (Å²) in [6.45, 7) is 0. The molecule has 0 bridgehead atoms. The van der Waals surface area contributed by atoms with Crippen molar-refractivity contribution in [2.45, 2.75) is 0 Å². The van der Waals surface area contributed by atoms with E-state index in [2.05, 4.69) is 15.6 Å². The highest BCUT2D eigenvalue weighted by molar-refractivity contribution is 6.35. The molecule has 0 aliphatic heterocycles. The van der Waals surface area contributed by atoms with E-state index in [9.17, 15) is 4.79 Å². The van der Waals surface area contributed by atoms with Crippen molar-refractivity contribution < 1.29 is 4.79 Å². The van der Waals surface area contributed by atoms with Gasteiger partial charge in [-0.3, -0.25) is 4.79 Å². The van der Waals surface area contributed by atoms with Gasteiger partial charge < -0.3 is 5.32 Å². The number of amides is 1. The fourth-order valence-electron chi connectivity index (χ4n) is 1.85. The molecule has 1 heterocycles. The maximum Gasteiger partial charge on any atom is 0.277 e. The van der Waals surface area contributed by atoms with Gasteiger partial charge in [0.25, 0.3) is 5.91 Å². The fraction of sp³-hybridized carbons (Fsp3) is 0. The Hall–Kier alpha value is -2.37. The third kappa shape index (κ3) is 3.10. The van der Waals surface area contributed by atoms with Crippen LogP contribution in [-0.2, 0) is 0 Å². The predicted octanol–water partition coefficient (Wildman–Crippen LogP) is 3.83. The maximum absolute atomic E-state index is 12.2. The van der Waals surface area contributed by atoms with Gasteiger partial charge in [-0.2, -0.15) is 0 Å². The average molecular weight is 333 g/mol. The zero-order chi connectivity index (χ0) is 15.5. The lowest BCUT2D eigenvalue weighted by molar-refractivity contribution is 0.102. The molecule has 3 aromatic rings. The zero-order valence-electron chi connectivity index (χ0n) is 11.2. The summed E-state index contributed by atoms with van der Waals surface area (Å²) in [5.74, 6) is -0.411. The molecule has 1 aromatic heterocycles. The predicted molar refractivity (Wildman–Crippen MR) is 85.8 cm³/mol. The second-order valence-corrected chi connectivity index (χ2v) is 5.31. The number of halogens is 2. The molecule has 110 valence electrons. The Labute approximate surface area is 136 Å². The Morgan fingerprint density at radius 3 is 2.64 bits per heavy atom. The minimum absolute atomic E-state index is 0.180. The van der Waals surface area contributed by atoms with Gasteiger partial charge in [-0.1, -0.05) is 46.6 Å². The molecule has 1 N–H and O–H groups in total. The number of para-hydroxylation sites is 1. The average Bonchev–Trinajstić information content (AvgIpc) is 3.02. The lowest BCUT2D eigenvalue weighted by Gasteiger charge is -2.05. The van der Waals surface area contributed by atoms with Crippen LogP contribution in [0.1, 0.15) is 10.5 Å². The zero-order valence-corrected chi connectivity index (χ0v) is 12.7. The van der Waals surface area contributed by atoms with Crippen LogP contribution in [0, 0.1) is 0 Å². The Kier molecular flexibility index (Phi) is 4.09. The second kappa shape index (κ2) is 6.17. The first-order chi connectivity index (χ1) is 10.6. The highest BCUT2D eigenvalue weighted by atomic mass is 35.5. The number of rotatable bonds is 3. The molecule has 0 atom stereocenters. The van der Waals surface area contributed by atoms with Crippen LogP contribution >= 0.6 is 23.2 Å². The fourth-order valence-corrected chi connectivity index (χ4v) is 2.19. The summed E-state index contributed by atoms with van der Waals surface area (Å²) < 4.78 is 1.52. The van der Waals surface area contributed by atoms with E-state index >= 15 is 0 Å². The van der Waals surface area contributed by atoms with Gasteiger partial charge in [0.15, 0.2) is 5.69 Å². The number of hydrogen-bond donors (Lipinski definition) is 1. The molecule has 1 amide bonds. The molecule has 0 unspecified atom stereocenters. The molecule has 5 nitrogen and oxygen atoms in total. The van der Waals surface area contributed by atoms with Crippen LogP contribution in [-0.4, -0.2) is 20.9 Å². The largest absolute Gasteiger partial charge is 0.319 e. The highest BCUT2D eigenvalue weighted by Crippen LogP contribution is 2.25. The lowest BCUT2D eigenvalue weighted by Crippen LogP contribution is -2.12. The van der Waals surface area contributed by atoms with E-state index in [0.717, 1.165) is 5.69 Å². The number of nitrogens with one attached hydrogen (secondary N) is 1. The normalized spacial score (nSPS) is 10.5. The third-order valence-electron chi connectivity index (χ3n) is 2.92. The number of carbonyl (C=O) groups is 1. The van der Waals surface area contributed by atoms with E-state index in [1.165, 1.54) is 4.68 Å². The highest BCUT2D eigenvalue weighted by Gasteiger charge is 2.13. The molecule has 0 spiro atoms.